The van der Waals surface area contributed by atoms with Crippen molar-refractivity contribution in [3.8, 4) is 0 Å². The van der Waals surface area contributed by atoms with E-state index in [1.54, 1.807) is 6.92 Å². The summed E-state index contributed by atoms with van der Waals surface area (Å²) in [5, 5.41) is 3.68. The molecule has 4 aromatic rings. The number of benzene rings is 2. The Morgan fingerprint density at radius 3 is 2.72 bits per heavy atom. The van der Waals surface area contributed by atoms with Crippen molar-refractivity contribution in [2.24, 2.45) is 0 Å². The van der Waals surface area contributed by atoms with E-state index in [0.717, 1.165) is 38.2 Å². The Morgan fingerprint density at radius 1 is 1.15 bits per heavy atom. The monoisotopic (exact) mass is 554 g/mol. The van der Waals surface area contributed by atoms with Crippen LogP contribution in [-0.4, -0.2) is 58.9 Å². The number of hydrogen-bond donors (Lipinski definition) is 3. The number of H-pyrrole nitrogens is 1. The summed E-state index contributed by atoms with van der Waals surface area (Å²) in [5.41, 5.74) is 0.156. The van der Waals surface area contributed by atoms with E-state index in [4.69, 9.17) is 0 Å². The first kappa shape index (κ1) is 26.7. The molecule has 1 saturated heterocycles. The van der Waals surface area contributed by atoms with E-state index in [9.17, 15) is 17.6 Å². The normalized spacial score (nSPS) is 16.0. The Bertz CT molecular complexity index is 1610. The van der Waals surface area contributed by atoms with Crippen molar-refractivity contribution in [3.05, 3.63) is 83.3 Å². The molecule has 1 aliphatic heterocycles. The summed E-state index contributed by atoms with van der Waals surface area (Å²) in [6, 6.07) is 12.0. The summed E-state index contributed by atoms with van der Waals surface area (Å²) >= 11 is 0. The van der Waals surface area contributed by atoms with Crippen LogP contribution in [0.5, 0.6) is 0 Å². The Labute approximate surface area is 224 Å². The van der Waals surface area contributed by atoms with E-state index in [-0.39, 0.29) is 17.4 Å². The molecule has 0 spiro atoms. The molecule has 9 nitrogen and oxygen atoms in total. The number of likely N-dealkylation sites (tertiary alicyclic amines) is 1. The number of aromatic nitrogens is 3. The summed E-state index contributed by atoms with van der Waals surface area (Å²) in [5.74, 6) is -3.22. The SMILES string of the molecule is CCCS(=O)(=O)Nc1ccc(F)c(C(=O)c2c[nH]c3ncnc(NC4CCN(Cc5ccccc5)C4)c23)c1F. The Morgan fingerprint density at radius 2 is 1.95 bits per heavy atom. The van der Waals surface area contributed by atoms with Crippen LogP contribution in [0.3, 0.4) is 0 Å². The fourth-order valence-corrected chi connectivity index (χ4v) is 5.97. The fraction of sp³-hybridized carbons (Fsp3) is 0.296. The zero-order chi connectivity index (χ0) is 27.6. The van der Waals surface area contributed by atoms with Gasteiger partial charge in [-0.05, 0) is 30.5 Å². The largest absolute Gasteiger partial charge is 0.365 e. The number of ketones is 1. The van der Waals surface area contributed by atoms with Gasteiger partial charge in [-0.1, -0.05) is 37.3 Å². The van der Waals surface area contributed by atoms with E-state index in [0.29, 0.717) is 23.3 Å². The highest BCUT2D eigenvalue weighted by Crippen LogP contribution is 2.30. The molecular weight excluding hydrogens is 526 g/mol. The maximum Gasteiger partial charge on any atom is 0.232 e. The summed E-state index contributed by atoms with van der Waals surface area (Å²) < 4.78 is 56.6. The van der Waals surface area contributed by atoms with Gasteiger partial charge in [-0.2, -0.15) is 0 Å². The minimum Gasteiger partial charge on any atom is -0.365 e. The number of aromatic amines is 1. The number of anilines is 2. The number of carbonyl (C=O) groups excluding carboxylic acids is 1. The van der Waals surface area contributed by atoms with Gasteiger partial charge in [-0.25, -0.2) is 27.2 Å². The Kier molecular flexibility index (Phi) is 7.58. The number of carbonyl (C=O) groups is 1. The van der Waals surface area contributed by atoms with Crippen molar-refractivity contribution in [2.75, 3.05) is 28.9 Å². The number of rotatable bonds is 10. The van der Waals surface area contributed by atoms with Crippen molar-refractivity contribution in [1.82, 2.24) is 19.9 Å². The van der Waals surface area contributed by atoms with E-state index in [1.807, 2.05) is 18.2 Å². The number of sulfonamides is 1. The Hall–Kier alpha value is -3.90. The van der Waals surface area contributed by atoms with E-state index in [2.05, 4.69) is 42.0 Å². The topological polar surface area (TPSA) is 120 Å². The van der Waals surface area contributed by atoms with Gasteiger partial charge in [0.2, 0.25) is 15.8 Å². The van der Waals surface area contributed by atoms with E-state index < -0.39 is 38.7 Å². The van der Waals surface area contributed by atoms with Gasteiger partial charge in [0.05, 0.1) is 28.0 Å². The molecule has 5 rings (SSSR count). The maximum atomic E-state index is 15.3. The van der Waals surface area contributed by atoms with Crippen LogP contribution in [-0.2, 0) is 16.6 Å². The van der Waals surface area contributed by atoms with Gasteiger partial charge in [0.15, 0.2) is 5.82 Å². The van der Waals surface area contributed by atoms with Gasteiger partial charge in [-0.3, -0.25) is 14.4 Å². The molecule has 0 amide bonds. The lowest BCUT2D eigenvalue weighted by Crippen LogP contribution is -2.26. The number of hydrogen-bond acceptors (Lipinski definition) is 7. The van der Waals surface area contributed by atoms with Crippen molar-refractivity contribution in [2.45, 2.75) is 32.4 Å². The van der Waals surface area contributed by atoms with Crippen LogP contribution in [0.25, 0.3) is 11.0 Å². The molecule has 0 aliphatic carbocycles. The predicted octanol–water partition coefficient (Wildman–Crippen LogP) is 4.31. The van der Waals surface area contributed by atoms with Crippen molar-refractivity contribution in [3.63, 3.8) is 0 Å². The molecule has 204 valence electrons. The second kappa shape index (κ2) is 11.1. The summed E-state index contributed by atoms with van der Waals surface area (Å²) in [6.45, 7) is 4.09. The molecule has 0 bridgehead atoms. The number of nitrogens with zero attached hydrogens (tertiary/aromatic N) is 3. The van der Waals surface area contributed by atoms with E-state index >= 15 is 4.39 Å². The molecule has 2 aromatic heterocycles. The highest BCUT2D eigenvalue weighted by Gasteiger charge is 2.28. The first-order valence-corrected chi connectivity index (χ1v) is 14.3. The van der Waals surface area contributed by atoms with Gasteiger partial charge in [0.1, 0.15) is 23.6 Å². The van der Waals surface area contributed by atoms with Gasteiger partial charge in [0, 0.05) is 31.9 Å². The molecule has 2 aromatic carbocycles. The average Bonchev–Trinajstić information content (AvgIpc) is 3.54. The third-order valence-electron chi connectivity index (χ3n) is 6.63. The molecular formula is C27H28F2N6O3S. The molecule has 0 saturated carbocycles. The molecule has 39 heavy (non-hydrogen) atoms. The van der Waals surface area contributed by atoms with Crippen molar-refractivity contribution in [1.29, 1.82) is 0 Å². The number of nitrogens with one attached hydrogen (secondary N) is 3. The van der Waals surface area contributed by atoms with Crippen LogP contribution < -0.4 is 10.0 Å². The zero-order valence-electron chi connectivity index (χ0n) is 21.2. The van der Waals surface area contributed by atoms with Gasteiger partial charge < -0.3 is 10.3 Å². The second-order valence-electron chi connectivity index (χ2n) is 9.53. The highest BCUT2D eigenvalue weighted by molar-refractivity contribution is 7.92. The summed E-state index contributed by atoms with van der Waals surface area (Å²) in [6.07, 6.45) is 3.82. The third kappa shape index (κ3) is 5.76. The maximum absolute atomic E-state index is 15.3. The van der Waals surface area contributed by atoms with Crippen LogP contribution in [0.2, 0.25) is 0 Å². The molecule has 1 unspecified atom stereocenters. The molecule has 3 N–H and O–H groups in total. The van der Waals surface area contributed by atoms with Gasteiger partial charge in [0.25, 0.3) is 0 Å². The van der Waals surface area contributed by atoms with Crippen LogP contribution >= 0.6 is 0 Å². The minimum atomic E-state index is -3.86. The molecule has 12 heteroatoms. The first-order chi connectivity index (χ1) is 18.8. The van der Waals surface area contributed by atoms with Crippen molar-refractivity contribution >= 4 is 38.3 Å². The lowest BCUT2D eigenvalue weighted by atomic mass is 10.0. The molecule has 1 fully saturated rings. The molecule has 1 atom stereocenters. The number of fused-ring (bicyclic) bond motifs is 1. The van der Waals surface area contributed by atoms with Gasteiger partial charge >= 0.3 is 0 Å². The predicted molar refractivity (Wildman–Crippen MR) is 145 cm³/mol. The average molecular weight is 555 g/mol. The molecule has 0 radical (unpaired) electrons. The number of halogens is 2. The molecule has 3 heterocycles. The fourth-order valence-electron chi connectivity index (χ4n) is 4.84. The van der Waals surface area contributed by atoms with E-state index in [1.165, 1.54) is 18.1 Å². The quantitative estimate of drug-likeness (QED) is 0.250. The summed E-state index contributed by atoms with van der Waals surface area (Å²) in [4.78, 5) is 27.2. The van der Waals surface area contributed by atoms with Crippen LogP contribution in [0, 0.1) is 11.6 Å². The van der Waals surface area contributed by atoms with Crippen LogP contribution in [0.15, 0.2) is 55.0 Å². The zero-order valence-corrected chi connectivity index (χ0v) is 22.1. The lowest BCUT2D eigenvalue weighted by Gasteiger charge is -2.17. The van der Waals surface area contributed by atoms with Crippen molar-refractivity contribution < 1.29 is 22.0 Å². The van der Waals surface area contributed by atoms with Gasteiger partial charge in [-0.15, -0.1) is 0 Å². The smallest absolute Gasteiger partial charge is 0.232 e. The van der Waals surface area contributed by atoms with Crippen LogP contribution in [0.1, 0.15) is 41.3 Å². The molecule has 1 aliphatic rings. The highest BCUT2D eigenvalue weighted by atomic mass is 32.2. The third-order valence-corrected chi connectivity index (χ3v) is 8.11. The standard InChI is InChI=1S/C27H28F2N6O3S/c1-2-12-39(37,38)34-21-9-8-20(28)23(24(21)29)25(36)19-13-30-26-22(19)27(32-16-31-26)33-18-10-11-35(15-18)14-17-6-4-3-5-7-17/h3-9,13,16,18,34H,2,10-12,14-15H2,1H3,(H2,30,31,32,33). The minimum absolute atomic E-state index is 0.0291. The summed E-state index contributed by atoms with van der Waals surface area (Å²) in [7, 11) is -3.86. The Balaban J connectivity index is 1.41. The first-order valence-electron chi connectivity index (χ1n) is 12.6. The second-order valence-corrected chi connectivity index (χ2v) is 11.4. The van der Waals surface area contributed by atoms with Crippen LogP contribution in [0.4, 0.5) is 20.3 Å². The lowest BCUT2D eigenvalue weighted by molar-refractivity contribution is 0.103.